The van der Waals surface area contributed by atoms with Crippen LogP contribution in [0.2, 0.25) is 0 Å². The number of carbonyl (C=O) groups excluding carboxylic acids is 1. The Kier molecular flexibility index (Phi) is 7.72. The Hall–Kier alpha value is -2.12. The topological polar surface area (TPSA) is 50.4 Å². The molecule has 0 aliphatic carbocycles. The van der Waals surface area contributed by atoms with Crippen molar-refractivity contribution in [1.82, 2.24) is 10.6 Å². The summed E-state index contributed by atoms with van der Waals surface area (Å²) in [7, 11) is 0. The minimum atomic E-state index is -0.633. The quantitative estimate of drug-likeness (QED) is 0.551. The molecular formula is C23H28F2N2O2S. The Bertz CT molecular complexity index is 873. The third-order valence-electron chi connectivity index (χ3n) is 5.33. The molecule has 2 aromatic rings. The van der Waals surface area contributed by atoms with E-state index >= 15 is 0 Å². The van der Waals surface area contributed by atoms with E-state index < -0.39 is 11.6 Å². The maximum atomic E-state index is 13.6. The number of fused-ring (bicyclic) bond motifs is 1. The fraction of sp³-hybridized carbons (Fsp3) is 0.435. The van der Waals surface area contributed by atoms with Crippen LogP contribution in [0.25, 0.3) is 0 Å². The number of aryl methyl sites for hydroxylation is 1. The first-order valence-electron chi connectivity index (χ1n) is 10.2. The summed E-state index contributed by atoms with van der Waals surface area (Å²) < 4.78 is 32.9. The Morgan fingerprint density at radius 3 is 2.60 bits per heavy atom. The minimum absolute atomic E-state index is 0.125. The number of carbonyl (C=O) groups is 1. The Labute approximate surface area is 181 Å². The SMILES string of the molecule is CCc1ccc2c(c1)[C@H](NC[C@@H](S)[C@H](Cc1cc(F)cc(F)c1)NC(C)=O)CCO2. The van der Waals surface area contributed by atoms with Crippen LogP contribution in [-0.2, 0) is 17.6 Å². The number of benzene rings is 2. The molecule has 0 saturated carbocycles. The van der Waals surface area contributed by atoms with E-state index in [1.165, 1.54) is 24.6 Å². The van der Waals surface area contributed by atoms with Crippen LogP contribution in [0.5, 0.6) is 5.75 Å². The summed E-state index contributed by atoms with van der Waals surface area (Å²) in [5, 5.41) is 6.15. The average molecular weight is 435 g/mol. The normalized spacial score (nSPS) is 17.6. The number of thiol groups is 1. The number of hydrogen-bond donors (Lipinski definition) is 3. The standard InChI is InChI=1S/C23H28F2N2O2S/c1-3-15-4-5-22-19(10-15)20(6-7-29-22)26-13-23(30)21(27-14(2)28)11-16-8-17(24)12-18(25)9-16/h4-5,8-10,12,20-21,23,26,30H,3,6-7,11,13H2,1-2H3,(H,27,28)/t20-,21+,23-/m1/s1. The highest BCUT2D eigenvalue weighted by Crippen LogP contribution is 2.33. The molecule has 30 heavy (non-hydrogen) atoms. The van der Waals surface area contributed by atoms with Gasteiger partial charge in [0.15, 0.2) is 0 Å². The molecule has 0 aromatic heterocycles. The van der Waals surface area contributed by atoms with Crippen LogP contribution in [0.3, 0.4) is 0 Å². The van der Waals surface area contributed by atoms with E-state index in [0.717, 1.165) is 30.2 Å². The lowest BCUT2D eigenvalue weighted by Crippen LogP contribution is -2.46. The van der Waals surface area contributed by atoms with Crippen molar-refractivity contribution < 1.29 is 18.3 Å². The molecule has 3 rings (SSSR count). The summed E-state index contributed by atoms with van der Waals surface area (Å²) in [4.78, 5) is 11.7. The number of ether oxygens (including phenoxy) is 1. The van der Waals surface area contributed by atoms with Gasteiger partial charge >= 0.3 is 0 Å². The smallest absolute Gasteiger partial charge is 0.217 e. The van der Waals surface area contributed by atoms with Crippen molar-refractivity contribution >= 4 is 18.5 Å². The molecular weight excluding hydrogens is 406 g/mol. The van der Waals surface area contributed by atoms with E-state index in [1.807, 2.05) is 6.07 Å². The highest BCUT2D eigenvalue weighted by atomic mass is 32.1. The van der Waals surface area contributed by atoms with Crippen LogP contribution in [0.15, 0.2) is 36.4 Å². The predicted octanol–water partition coefficient (Wildman–Crippen LogP) is 3.99. The van der Waals surface area contributed by atoms with Gasteiger partial charge in [0.1, 0.15) is 17.4 Å². The molecule has 1 heterocycles. The molecule has 2 N–H and O–H groups in total. The molecule has 1 aliphatic heterocycles. The number of halogens is 2. The zero-order valence-electron chi connectivity index (χ0n) is 17.3. The fourth-order valence-electron chi connectivity index (χ4n) is 3.81. The molecule has 1 amide bonds. The van der Waals surface area contributed by atoms with Crippen LogP contribution in [0.4, 0.5) is 8.78 Å². The van der Waals surface area contributed by atoms with E-state index in [-0.39, 0.29) is 29.7 Å². The van der Waals surface area contributed by atoms with Gasteiger partial charge in [-0.2, -0.15) is 12.6 Å². The first-order valence-corrected chi connectivity index (χ1v) is 10.8. The van der Waals surface area contributed by atoms with Crippen LogP contribution in [0, 0.1) is 11.6 Å². The number of nitrogens with one attached hydrogen (secondary N) is 2. The molecule has 1 aliphatic rings. The van der Waals surface area contributed by atoms with Crippen molar-refractivity contribution in [2.24, 2.45) is 0 Å². The van der Waals surface area contributed by atoms with Crippen LogP contribution in [-0.4, -0.2) is 30.4 Å². The lowest BCUT2D eigenvalue weighted by molar-refractivity contribution is -0.119. The van der Waals surface area contributed by atoms with Crippen molar-refractivity contribution in [3.8, 4) is 5.75 Å². The Morgan fingerprint density at radius 2 is 1.93 bits per heavy atom. The molecule has 7 heteroatoms. The van der Waals surface area contributed by atoms with Gasteiger partial charge in [-0.3, -0.25) is 4.79 Å². The second kappa shape index (κ2) is 10.3. The van der Waals surface area contributed by atoms with Gasteiger partial charge in [-0.1, -0.05) is 19.1 Å². The van der Waals surface area contributed by atoms with Gasteiger partial charge in [0.25, 0.3) is 0 Å². The van der Waals surface area contributed by atoms with Crippen molar-refractivity contribution in [2.75, 3.05) is 13.2 Å². The first kappa shape index (κ1) is 22.6. The monoisotopic (exact) mass is 434 g/mol. The summed E-state index contributed by atoms with van der Waals surface area (Å²) in [6.07, 6.45) is 2.07. The summed E-state index contributed by atoms with van der Waals surface area (Å²) in [6, 6.07) is 9.41. The molecule has 3 atom stereocenters. The van der Waals surface area contributed by atoms with Crippen LogP contribution in [0.1, 0.15) is 43.0 Å². The van der Waals surface area contributed by atoms with Crippen molar-refractivity contribution in [2.45, 2.75) is 50.4 Å². The van der Waals surface area contributed by atoms with Gasteiger partial charge in [-0.05, 0) is 42.2 Å². The van der Waals surface area contributed by atoms with E-state index in [2.05, 4.69) is 29.7 Å². The summed E-state index contributed by atoms with van der Waals surface area (Å²) in [5.74, 6) is -0.586. The lowest BCUT2D eigenvalue weighted by Gasteiger charge is -2.30. The molecule has 0 radical (unpaired) electrons. The molecule has 0 saturated heterocycles. The van der Waals surface area contributed by atoms with E-state index in [4.69, 9.17) is 17.4 Å². The zero-order valence-corrected chi connectivity index (χ0v) is 18.1. The maximum Gasteiger partial charge on any atom is 0.217 e. The van der Waals surface area contributed by atoms with Crippen LogP contribution >= 0.6 is 12.6 Å². The van der Waals surface area contributed by atoms with E-state index in [1.54, 1.807) is 0 Å². The summed E-state index contributed by atoms with van der Waals surface area (Å²) in [6.45, 7) is 4.69. The van der Waals surface area contributed by atoms with Gasteiger partial charge < -0.3 is 15.4 Å². The summed E-state index contributed by atoms with van der Waals surface area (Å²) >= 11 is 4.69. The maximum absolute atomic E-state index is 13.6. The Morgan fingerprint density at radius 1 is 1.20 bits per heavy atom. The molecule has 2 aromatic carbocycles. The van der Waals surface area contributed by atoms with Crippen LogP contribution < -0.4 is 15.4 Å². The van der Waals surface area contributed by atoms with Gasteiger partial charge in [0.05, 0.1) is 6.61 Å². The van der Waals surface area contributed by atoms with Gasteiger partial charge in [-0.25, -0.2) is 8.78 Å². The third kappa shape index (κ3) is 5.95. The molecule has 0 spiro atoms. The molecule has 0 fully saturated rings. The highest BCUT2D eigenvalue weighted by molar-refractivity contribution is 7.81. The average Bonchev–Trinajstić information content (AvgIpc) is 2.70. The number of rotatable bonds is 8. The van der Waals surface area contributed by atoms with Gasteiger partial charge in [-0.15, -0.1) is 0 Å². The van der Waals surface area contributed by atoms with Crippen molar-refractivity contribution in [3.05, 3.63) is 64.7 Å². The first-order chi connectivity index (χ1) is 14.4. The van der Waals surface area contributed by atoms with E-state index in [0.29, 0.717) is 18.7 Å². The molecule has 0 unspecified atom stereocenters. The van der Waals surface area contributed by atoms with Crippen molar-refractivity contribution in [1.29, 1.82) is 0 Å². The van der Waals surface area contributed by atoms with Gasteiger partial charge in [0, 0.05) is 48.9 Å². The lowest BCUT2D eigenvalue weighted by atomic mass is 9.96. The molecule has 4 nitrogen and oxygen atoms in total. The number of amides is 1. The third-order valence-corrected chi connectivity index (χ3v) is 5.87. The highest BCUT2D eigenvalue weighted by Gasteiger charge is 2.25. The Balaban J connectivity index is 1.69. The largest absolute Gasteiger partial charge is 0.493 e. The minimum Gasteiger partial charge on any atom is -0.493 e. The fourth-order valence-corrected chi connectivity index (χ4v) is 4.09. The van der Waals surface area contributed by atoms with Gasteiger partial charge in [0.2, 0.25) is 5.91 Å². The number of hydrogen-bond acceptors (Lipinski definition) is 4. The summed E-state index contributed by atoms with van der Waals surface area (Å²) in [5.41, 5.74) is 2.86. The second-order valence-corrected chi connectivity index (χ2v) is 8.34. The predicted molar refractivity (Wildman–Crippen MR) is 117 cm³/mol. The zero-order chi connectivity index (χ0) is 21.7. The molecule has 0 bridgehead atoms. The molecule has 162 valence electrons. The second-order valence-electron chi connectivity index (χ2n) is 7.68. The van der Waals surface area contributed by atoms with E-state index in [9.17, 15) is 13.6 Å². The van der Waals surface area contributed by atoms with Crippen molar-refractivity contribution in [3.63, 3.8) is 0 Å².